The van der Waals surface area contributed by atoms with Gasteiger partial charge in [-0.2, -0.15) is 0 Å². The van der Waals surface area contributed by atoms with E-state index in [-0.39, 0.29) is 4.90 Å². The third-order valence-corrected chi connectivity index (χ3v) is 4.79. The largest absolute Gasteiger partial charge is 0.399 e. The van der Waals surface area contributed by atoms with Gasteiger partial charge in [-0.05, 0) is 52.9 Å². The van der Waals surface area contributed by atoms with Gasteiger partial charge in [0.2, 0.25) is 10.0 Å². The zero-order chi connectivity index (χ0) is 17.2. The maximum atomic E-state index is 11.3. The van der Waals surface area contributed by atoms with Crippen LogP contribution in [0.5, 0.6) is 0 Å². The highest BCUT2D eigenvalue weighted by atomic mass is 32.2. The number of hydrogen-bond donors (Lipinski definition) is 2. The van der Waals surface area contributed by atoms with Gasteiger partial charge in [-0.1, -0.05) is 48.5 Å². The van der Waals surface area contributed by atoms with Crippen LogP contribution in [0.1, 0.15) is 11.1 Å². The predicted octanol–water partition coefficient (Wildman–Crippen LogP) is 3.17. The number of nitrogen functional groups attached to an aromatic ring is 1. The Morgan fingerprint density at radius 3 is 1.54 bits per heavy atom. The van der Waals surface area contributed by atoms with E-state index in [0.29, 0.717) is 0 Å². The number of hydrogen-bond acceptors (Lipinski definition) is 3. The van der Waals surface area contributed by atoms with Crippen LogP contribution in [0.15, 0.2) is 77.7 Å². The summed E-state index contributed by atoms with van der Waals surface area (Å²) in [7, 11) is -3.66. The second kappa shape index (κ2) is 6.47. The Hall–Kier alpha value is -2.63. The Balaban J connectivity index is 1.78. The minimum absolute atomic E-state index is 0.117. The second-order valence-electron chi connectivity index (χ2n) is 5.68. The Morgan fingerprint density at radius 1 is 0.667 bits per heavy atom. The zero-order valence-electron chi connectivity index (χ0n) is 13.0. The molecule has 4 nitrogen and oxygen atoms in total. The van der Waals surface area contributed by atoms with Gasteiger partial charge in [0, 0.05) is 5.69 Å². The number of rotatable bonds is 4. The van der Waals surface area contributed by atoms with Gasteiger partial charge in [-0.3, -0.25) is 0 Å². The van der Waals surface area contributed by atoms with Crippen LogP contribution < -0.4 is 10.9 Å². The molecule has 0 aliphatic heterocycles. The number of benzene rings is 3. The van der Waals surface area contributed by atoms with Crippen molar-refractivity contribution in [2.24, 2.45) is 5.14 Å². The fourth-order valence-corrected chi connectivity index (χ4v) is 3.04. The van der Waals surface area contributed by atoms with Gasteiger partial charge in [0.05, 0.1) is 4.90 Å². The van der Waals surface area contributed by atoms with Crippen molar-refractivity contribution in [3.8, 4) is 11.1 Å². The first-order chi connectivity index (χ1) is 11.4. The van der Waals surface area contributed by atoms with Gasteiger partial charge in [-0.15, -0.1) is 0 Å². The normalized spacial score (nSPS) is 11.4. The van der Waals surface area contributed by atoms with E-state index in [1.54, 1.807) is 12.1 Å². The van der Waals surface area contributed by atoms with Crippen molar-refractivity contribution in [1.29, 1.82) is 0 Å². The number of sulfonamides is 1. The highest BCUT2D eigenvalue weighted by Crippen LogP contribution is 2.22. The molecule has 0 aromatic heterocycles. The molecule has 0 saturated carbocycles. The molecule has 0 aliphatic rings. The molecule has 24 heavy (non-hydrogen) atoms. The third kappa shape index (κ3) is 3.82. The Bertz CT molecular complexity index is 930. The molecule has 4 N–H and O–H groups in total. The molecule has 0 radical (unpaired) electrons. The molecule has 5 heteroatoms. The van der Waals surface area contributed by atoms with E-state index in [0.717, 1.165) is 23.2 Å². The summed E-state index contributed by atoms with van der Waals surface area (Å²) in [6.45, 7) is 0. The Morgan fingerprint density at radius 2 is 1.08 bits per heavy atom. The van der Waals surface area contributed by atoms with Crippen molar-refractivity contribution >= 4 is 15.7 Å². The van der Waals surface area contributed by atoms with Gasteiger partial charge in [-0.25, -0.2) is 13.6 Å². The summed E-state index contributed by atoms with van der Waals surface area (Å²) in [5.41, 5.74) is 10.8. The number of primary sulfonamides is 1. The van der Waals surface area contributed by atoms with Crippen LogP contribution in [0.25, 0.3) is 11.1 Å². The SMILES string of the molecule is Nc1ccc(Cc2ccc(-c3ccc(S(N)(=O)=O)cc3)cc2)cc1. The lowest BCUT2D eigenvalue weighted by Gasteiger charge is -2.06. The molecule has 3 aromatic rings. The fourth-order valence-electron chi connectivity index (χ4n) is 2.52. The first kappa shape index (κ1) is 16.2. The quantitative estimate of drug-likeness (QED) is 0.716. The minimum atomic E-state index is -3.66. The van der Waals surface area contributed by atoms with Crippen LogP contribution in [-0.4, -0.2) is 8.42 Å². The first-order valence-electron chi connectivity index (χ1n) is 7.48. The van der Waals surface area contributed by atoms with Crippen molar-refractivity contribution in [3.05, 3.63) is 83.9 Å². The Kier molecular flexibility index (Phi) is 4.38. The topological polar surface area (TPSA) is 86.2 Å². The maximum Gasteiger partial charge on any atom is 0.238 e. The molecule has 0 amide bonds. The smallest absolute Gasteiger partial charge is 0.238 e. The third-order valence-electron chi connectivity index (χ3n) is 3.86. The molecule has 3 rings (SSSR count). The average Bonchev–Trinajstić information content (AvgIpc) is 2.57. The van der Waals surface area contributed by atoms with E-state index in [9.17, 15) is 8.42 Å². The van der Waals surface area contributed by atoms with Crippen LogP contribution in [-0.2, 0) is 16.4 Å². The molecule has 122 valence electrons. The number of anilines is 1. The molecule has 0 saturated heterocycles. The van der Waals surface area contributed by atoms with Crippen LogP contribution in [0.4, 0.5) is 5.69 Å². The highest BCUT2D eigenvalue weighted by molar-refractivity contribution is 7.89. The number of nitrogens with two attached hydrogens (primary N) is 2. The molecule has 0 fully saturated rings. The molecular weight excluding hydrogens is 320 g/mol. The van der Waals surface area contributed by atoms with Crippen LogP contribution in [0, 0.1) is 0 Å². The van der Waals surface area contributed by atoms with Crippen LogP contribution >= 0.6 is 0 Å². The van der Waals surface area contributed by atoms with Crippen molar-refractivity contribution in [2.45, 2.75) is 11.3 Å². The van der Waals surface area contributed by atoms with Gasteiger partial charge in [0.25, 0.3) is 0 Å². The lowest BCUT2D eigenvalue weighted by Crippen LogP contribution is -2.11. The fraction of sp³-hybridized carbons (Fsp3) is 0.0526. The summed E-state index contributed by atoms with van der Waals surface area (Å²) in [4.78, 5) is 0.117. The standard InChI is InChI=1S/C19H18N2O2S/c20-18-9-3-15(4-10-18)13-14-1-5-16(6-2-14)17-7-11-19(12-8-17)24(21,22)23/h1-12H,13,20H2,(H2,21,22,23). The van der Waals surface area contributed by atoms with E-state index in [2.05, 4.69) is 12.1 Å². The van der Waals surface area contributed by atoms with Gasteiger partial charge in [0.15, 0.2) is 0 Å². The average molecular weight is 338 g/mol. The van der Waals surface area contributed by atoms with Gasteiger partial charge in [0.1, 0.15) is 0 Å². The molecule has 0 bridgehead atoms. The van der Waals surface area contributed by atoms with E-state index in [1.807, 2.05) is 36.4 Å². The summed E-state index contributed by atoms with van der Waals surface area (Å²) in [5.74, 6) is 0. The summed E-state index contributed by atoms with van der Waals surface area (Å²) in [5, 5.41) is 5.11. The summed E-state index contributed by atoms with van der Waals surface area (Å²) >= 11 is 0. The van der Waals surface area contributed by atoms with Gasteiger partial charge >= 0.3 is 0 Å². The summed E-state index contributed by atoms with van der Waals surface area (Å²) in [6.07, 6.45) is 0.838. The van der Waals surface area contributed by atoms with Crippen molar-refractivity contribution < 1.29 is 8.42 Å². The van der Waals surface area contributed by atoms with Crippen LogP contribution in [0.2, 0.25) is 0 Å². The molecule has 0 heterocycles. The van der Waals surface area contributed by atoms with Crippen LogP contribution in [0.3, 0.4) is 0 Å². The second-order valence-corrected chi connectivity index (χ2v) is 7.25. The van der Waals surface area contributed by atoms with Crippen molar-refractivity contribution in [3.63, 3.8) is 0 Å². The van der Waals surface area contributed by atoms with Gasteiger partial charge < -0.3 is 5.73 Å². The summed E-state index contributed by atoms with van der Waals surface area (Å²) in [6, 6.07) is 22.6. The van der Waals surface area contributed by atoms with Crippen molar-refractivity contribution in [2.75, 3.05) is 5.73 Å². The summed E-state index contributed by atoms with van der Waals surface area (Å²) < 4.78 is 22.6. The molecule has 0 spiro atoms. The molecule has 3 aromatic carbocycles. The Labute approximate surface area is 141 Å². The first-order valence-corrected chi connectivity index (χ1v) is 9.03. The van der Waals surface area contributed by atoms with E-state index in [1.165, 1.54) is 23.3 Å². The monoisotopic (exact) mass is 338 g/mol. The minimum Gasteiger partial charge on any atom is -0.399 e. The van der Waals surface area contributed by atoms with Crippen molar-refractivity contribution in [1.82, 2.24) is 0 Å². The molecule has 0 unspecified atom stereocenters. The van der Waals surface area contributed by atoms with E-state index in [4.69, 9.17) is 10.9 Å². The highest BCUT2D eigenvalue weighted by Gasteiger charge is 2.07. The lowest BCUT2D eigenvalue weighted by atomic mass is 10.0. The van der Waals surface area contributed by atoms with E-state index >= 15 is 0 Å². The van der Waals surface area contributed by atoms with E-state index < -0.39 is 10.0 Å². The predicted molar refractivity (Wildman–Crippen MR) is 96.9 cm³/mol. The lowest BCUT2D eigenvalue weighted by molar-refractivity contribution is 0.598. The molecular formula is C19H18N2O2S. The molecule has 0 atom stereocenters. The zero-order valence-corrected chi connectivity index (χ0v) is 13.8. The molecule has 0 aliphatic carbocycles. The maximum absolute atomic E-state index is 11.3.